The molecule has 0 bridgehead atoms. The van der Waals surface area contributed by atoms with Crippen LogP contribution < -0.4 is 0 Å². The zero-order valence-electron chi connectivity index (χ0n) is 19.8. The number of hydrogen-bond donors (Lipinski definition) is 0. The fraction of sp³-hybridized carbons (Fsp3) is 1.00. The molecule has 0 amide bonds. The number of likely N-dealkylation sites (N-methyl/N-ethyl adjacent to an activating group) is 2. The van der Waals surface area contributed by atoms with Gasteiger partial charge in [0.15, 0.2) is 0 Å². The fourth-order valence-electron chi connectivity index (χ4n) is 2.50. The van der Waals surface area contributed by atoms with Gasteiger partial charge in [0.2, 0.25) is 0 Å². The third-order valence-electron chi connectivity index (χ3n) is 4.26. The molecule has 0 saturated heterocycles. The molecule has 176 valence electrons. The van der Waals surface area contributed by atoms with E-state index in [1.165, 1.54) is 0 Å². The van der Waals surface area contributed by atoms with Crippen LogP contribution in [0.15, 0.2) is 0 Å². The SMILES string of the molecule is CC.COS(CCCN(C)CCN(C)CCCS(OC)(OC)OC)(OC)OC. The smallest absolute Gasteiger partial charge is 0.0879 e. The topological polar surface area (TPSA) is 61.9 Å². The van der Waals surface area contributed by atoms with Crippen LogP contribution in [0.4, 0.5) is 0 Å². The Bertz CT molecular complexity index is 300. The van der Waals surface area contributed by atoms with E-state index in [9.17, 15) is 0 Å². The number of rotatable bonds is 17. The van der Waals surface area contributed by atoms with Crippen LogP contribution in [0.5, 0.6) is 0 Å². The second-order valence-electron chi connectivity index (χ2n) is 5.84. The van der Waals surface area contributed by atoms with E-state index < -0.39 is 21.7 Å². The van der Waals surface area contributed by atoms with E-state index in [4.69, 9.17) is 25.1 Å². The molecule has 10 heteroatoms. The normalized spacial score (nSPS) is 13.6. The van der Waals surface area contributed by atoms with Crippen molar-refractivity contribution in [2.45, 2.75) is 26.7 Å². The molecule has 0 spiro atoms. The van der Waals surface area contributed by atoms with Gasteiger partial charge in [0.1, 0.15) is 0 Å². The Hall–Kier alpha value is 0.380. The number of hydrogen-bond acceptors (Lipinski definition) is 8. The molecular weight excluding hydrogens is 404 g/mol. The second-order valence-corrected chi connectivity index (χ2v) is 10.9. The molecule has 0 aromatic rings. The molecule has 0 atom stereocenters. The van der Waals surface area contributed by atoms with Gasteiger partial charge in [-0.25, -0.2) is 0 Å². The van der Waals surface area contributed by atoms with Crippen LogP contribution in [0, 0.1) is 0 Å². The van der Waals surface area contributed by atoms with Gasteiger partial charge in [-0.15, -0.1) is 0 Å². The molecule has 0 aliphatic rings. The van der Waals surface area contributed by atoms with Gasteiger partial charge in [0.25, 0.3) is 0 Å². The monoisotopic (exact) mass is 450 g/mol. The lowest BCUT2D eigenvalue weighted by Gasteiger charge is -2.34. The van der Waals surface area contributed by atoms with E-state index in [1.54, 1.807) is 42.7 Å². The molecule has 28 heavy (non-hydrogen) atoms. The molecule has 0 aromatic carbocycles. The van der Waals surface area contributed by atoms with Crippen molar-refractivity contribution in [3.8, 4) is 0 Å². The average Bonchev–Trinajstić information content (AvgIpc) is 2.75. The van der Waals surface area contributed by atoms with Crippen molar-refractivity contribution < 1.29 is 25.1 Å². The van der Waals surface area contributed by atoms with Crippen molar-refractivity contribution in [3.63, 3.8) is 0 Å². The van der Waals surface area contributed by atoms with Crippen LogP contribution in [0.2, 0.25) is 0 Å². The summed E-state index contributed by atoms with van der Waals surface area (Å²) in [5.74, 6) is 1.54. The summed E-state index contributed by atoms with van der Waals surface area (Å²) >= 11 is 0. The van der Waals surface area contributed by atoms with Crippen molar-refractivity contribution in [2.24, 2.45) is 0 Å². The van der Waals surface area contributed by atoms with Gasteiger partial charge in [-0.3, -0.25) is 25.1 Å². The van der Waals surface area contributed by atoms with Gasteiger partial charge in [-0.1, -0.05) is 13.8 Å². The molecule has 0 aliphatic heterocycles. The lowest BCUT2D eigenvalue weighted by Crippen LogP contribution is -2.33. The van der Waals surface area contributed by atoms with Crippen LogP contribution in [0.3, 0.4) is 0 Å². The lowest BCUT2D eigenvalue weighted by atomic mass is 10.4. The lowest BCUT2D eigenvalue weighted by molar-refractivity contribution is 0.235. The molecule has 0 unspecified atom stereocenters. The molecule has 0 radical (unpaired) electrons. The highest BCUT2D eigenvalue weighted by molar-refractivity contribution is 8.22. The Morgan fingerprint density at radius 3 is 0.964 bits per heavy atom. The van der Waals surface area contributed by atoms with Gasteiger partial charge in [0, 0.05) is 24.6 Å². The Morgan fingerprint density at radius 2 is 0.750 bits per heavy atom. The Balaban J connectivity index is 0. The Labute approximate surface area is 178 Å². The summed E-state index contributed by atoms with van der Waals surface area (Å²) in [6.45, 7) is 7.96. The predicted octanol–water partition coefficient (Wildman–Crippen LogP) is 3.63. The fourth-order valence-corrected chi connectivity index (χ4v) is 5.28. The zero-order valence-corrected chi connectivity index (χ0v) is 21.5. The highest BCUT2D eigenvalue weighted by atomic mass is 32.3. The van der Waals surface area contributed by atoms with Crippen LogP contribution in [0.25, 0.3) is 0 Å². The largest absolute Gasteiger partial charge is 0.305 e. The minimum atomic E-state index is -1.84. The quantitative estimate of drug-likeness (QED) is 0.333. The van der Waals surface area contributed by atoms with Crippen molar-refractivity contribution in [1.82, 2.24) is 9.80 Å². The third kappa shape index (κ3) is 12.2. The third-order valence-corrected chi connectivity index (χ3v) is 8.88. The van der Waals surface area contributed by atoms with Crippen LogP contribution in [-0.4, -0.2) is 104 Å². The summed E-state index contributed by atoms with van der Waals surface area (Å²) in [5.41, 5.74) is 0. The van der Waals surface area contributed by atoms with E-state index in [0.29, 0.717) is 0 Å². The summed E-state index contributed by atoms with van der Waals surface area (Å²) in [6, 6.07) is 0. The molecule has 8 nitrogen and oxygen atoms in total. The molecule has 0 N–H and O–H groups in total. The second kappa shape index (κ2) is 18.2. The highest BCUT2D eigenvalue weighted by Gasteiger charge is 2.23. The maximum Gasteiger partial charge on any atom is 0.0879 e. The van der Waals surface area contributed by atoms with Crippen LogP contribution in [-0.2, 0) is 25.1 Å². The standard InChI is InChI=1S/C16H40N2O6S2.C2H6/c1-17(11-9-15-25(19-3,20-4)21-5)13-14-18(2)12-10-16-26(22-6,23-7)24-8;1-2/h9-16H2,1-8H3;1-2H3. The van der Waals surface area contributed by atoms with E-state index >= 15 is 0 Å². The van der Waals surface area contributed by atoms with Crippen LogP contribution in [0.1, 0.15) is 26.7 Å². The van der Waals surface area contributed by atoms with Gasteiger partial charge in [-0.2, -0.15) is 0 Å². The maximum atomic E-state index is 5.40. The van der Waals surface area contributed by atoms with Crippen molar-refractivity contribution in [2.75, 3.05) is 94.4 Å². The maximum absolute atomic E-state index is 5.40. The molecule has 0 fully saturated rings. The molecule has 0 saturated carbocycles. The minimum Gasteiger partial charge on any atom is -0.305 e. The van der Waals surface area contributed by atoms with E-state index in [2.05, 4.69) is 23.9 Å². The average molecular weight is 451 g/mol. The molecule has 0 heterocycles. The van der Waals surface area contributed by atoms with Gasteiger partial charge in [-0.05, 0) is 40.0 Å². The zero-order chi connectivity index (χ0) is 22.1. The van der Waals surface area contributed by atoms with Gasteiger partial charge < -0.3 is 9.80 Å². The summed E-state index contributed by atoms with van der Waals surface area (Å²) in [5, 5.41) is 0. The highest BCUT2D eigenvalue weighted by Crippen LogP contribution is 2.50. The van der Waals surface area contributed by atoms with E-state index in [0.717, 1.165) is 50.5 Å². The first kappa shape index (κ1) is 30.6. The summed E-state index contributed by atoms with van der Waals surface area (Å²) in [7, 11) is 10.4. The minimum absolute atomic E-state index is 0.770. The van der Waals surface area contributed by atoms with E-state index in [-0.39, 0.29) is 0 Å². The van der Waals surface area contributed by atoms with Crippen molar-refractivity contribution >= 4 is 21.7 Å². The van der Waals surface area contributed by atoms with Crippen molar-refractivity contribution in [3.05, 3.63) is 0 Å². The summed E-state index contributed by atoms with van der Waals surface area (Å²) in [6.07, 6.45) is 1.93. The summed E-state index contributed by atoms with van der Waals surface area (Å²) in [4.78, 5) is 4.63. The first-order valence-electron chi connectivity index (χ1n) is 9.69. The van der Waals surface area contributed by atoms with Crippen LogP contribution >= 0.6 is 21.7 Å². The molecule has 0 aromatic heterocycles. The molecule has 0 rings (SSSR count). The van der Waals surface area contributed by atoms with E-state index in [1.807, 2.05) is 13.8 Å². The first-order chi connectivity index (χ1) is 13.4. The van der Waals surface area contributed by atoms with Gasteiger partial charge in [0.05, 0.1) is 64.4 Å². The predicted molar refractivity (Wildman–Crippen MR) is 123 cm³/mol. The first-order valence-corrected chi connectivity index (χ1v) is 12.8. The molecular formula is C18H46N2O6S2. The Kier molecular flexibility index (Phi) is 19.8. The Morgan fingerprint density at radius 1 is 0.500 bits per heavy atom. The molecule has 0 aliphatic carbocycles. The number of nitrogens with zero attached hydrogens (tertiary/aromatic N) is 2. The van der Waals surface area contributed by atoms with Gasteiger partial charge >= 0.3 is 0 Å². The summed E-state index contributed by atoms with van der Waals surface area (Å²) < 4.78 is 32.4. The van der Waals surface area contributed by atoms with Crippen molar-refractivity contribution in [1.29, 1.82) is 0 Å².